The highest BCUT2D eigenvalue weighted by molar-refractivity contribution is 6.21. The second-order valence-corrected chi connectivity index (χ2v) is 6.46. The summed E-state index contributed by atoms with van der Waals surface area (Å²) in [6, 6.07) is 7.11. The maximum Gasteiger partial charge on any atom is 0.261 e. The first-order valence-corrected chi connectivity index (χ1v) is 9.36. The molecule has 4 heteroatoms. The Kier molecular flexibility index (Phi) is 7.44. The minimum Gasteiger partial charge on any atom is -0.304 e. The number of unbranched alkanes of at least 4 members (excludes halogenated alkanes) is 5. The van der Waals surface area contributed by atoms with E-state index in [0.29, 0.717) is 17.7 Å². The molecule has 1 aliphatic heterocycles. The van der Waals surface area contributed by atoms with Gasteiger partial charge in [0.25, 0.3) is 11.8 Å². The third kappa shape index (κ3) is 4.67. The van der Waals surface area contributed by atoms with Gasteiger partial charge in [0.05, 0.1) is 11.1 Å². The van der Waals surface area contributed by atoms with E-state index in [0.717, 1.165) is 25.9 Å². The molecule has 2 amide bonds. The Hall–Kier alpha value is -1.68. The Morgan fingerprint density at radius 1 is 0.792 bits per heavy atom. The number of carbonyl (C=O) groups is 2. The quantitative estimate of drug-likeness (QED) is 0.455. The first-order chi connectivity index (χ1) is 11.7. The molecule has 1 aromatic rings. The number of benzene rings is 1. The van der Waals surface area contributed by atoms with Crippen LogP contribution in [0.4, 0.5) is 0 Å². The van der Waals surface area contributed by atoms with Crippen LogP contribution in [0.1, 0.15) is 73.1 Å². The molecule has 1 aromatic carbocycles. The monoisotopic (exact) mass is 330 g/mol. The molecular weight excluding hydrogens is 300 g/mol. The first-order valence-electron chi connectivity index (χ1n) is 9.36. The lowest BCUT2D eigenvalue weighted by Crippen LogP contribution is -2.30. The van der Waals surface area contributed by atoms with E-state index in [4.69, 9.17) is 0 Å². The minimum absolute atomic E-state index is 0.130. The molecule has 132 valence electrons. The molecule has 4 nitrogen and oxygen atoms in total. The molecule has 0 bridgehead atoms. The number of hydrogen-bond donors (Lipinski definition) is 0. The normalized spacial score (nSPS) is 13.9. The standard InChI is InChI=1S/C20H30N2O2/c1-3-21(4-2)15-11-7-5-6-8-12-16-22-19(23)17-13-9-10-14-18(17)20(22)24/h9-10,13-14H,3-8,11-12,15-16H2,1-2H3. The molecule has 0 fully saturated rings. The van der Waals surface area contributed by atoms with Gasteiger partial charge < -0.3 is 4.90 Å². The van der Waals surface area contributed by atoms with Crippen molar-refractivity contribution in [3.8, 4) is 0 Å². The molecule has 24 heavy (non-hydrogen) atoms. The third-order valence-electron chi connectivity index (χ3n) is 4.88. The number of fused-ring (bicyclic) bond motifs is 1. The molecule has 0 saturated carbocycles. The maximum atomic E-state index is 12.2. The van der Waals surface area contributed by atoms with Crippen LogP contribution in [-0.2, 0) is 0 Å². The molecule has 0 aromatic heterocycles. The molecule has 0 N–H and O–H groups in total. The zero-order chi connectivity index (χ0) is 17.4. The van der Waals surface area contributed by atoms with Crippen LogP contribution in [0.25, 0.3) is 0 Å². The number of carbonyl (C=O) groups excluding carboxylic acids is 2. The second-order valence-electron chi connectivity index (χ2n) is 6.46. The van der Waals surface area contributed by atoms with E-state index in [1.54, 1.807) is 12.1 Å². The van der Waals surface area contributed by atoms with Crippen molar-refractivity contribution in [2.45, 2.75) is 52.4 Å². The van der Waals surface area contributed by atoms with Crippen molar-refractivity contribution >= 4 is 11.8 Å². The number of rotatable bonds is 11. The molecule has 0 radical (unpaired) electrons. The Morgan fingerprint density at radius 3 is 1.83 bits per heavy atom. The van der Waals surface area contributed by atoms with Crippen LogP contribution in [0.3, 0.4) is 0 Å². The zero-order valence-corrected chi connectivity index (χ0v) is 15.1. The van der Waals surface area contributed by atoms with Crippen molar-refractivity contribution in [3.63, 3.8) is 0 Å². The molecular formula is C20H30N2O2. The van der Waals surface area contributed by atoms with Crippen LogP contribution in [-0.4, -0.2) is 47.8 Å². The molecule has 2 rings (SSSR count). The van der Waals surface area contributed by atoms with Crippen molar-refractivity contribution in [2.75, 3.05) is 26.2 Å². The Balaban J connectivity index is 1.59. The van der Waals surface area contributed by atoms with Gasteiger partial charge in [-0.15, -0.1) is 0 Å². The summed E-state index contributed by atoms with van der Waals surface area (Å²) in [4.78, 5) is 28.3. The third-order valence-corrected chi connectivity index (χ3v) is 4.88. The highest BCUT2D eigenvalue weighted by atomic mass is 16.2. The van der Waals surface area contributed by atoms with Gasteiger partial charge in [-0.05, 0) is 44.6 Å². The molecule has 0 atom stereocenters. The van der Waals surface area contributed by atoms with Gasteiger partial charge in [-0.3, -0.25) is 14.5 Å². The fourth-order valence-corrected chi connectivity index (χ4v) is 3.29. The van der Waals surface area contributed by atoms with Gasteiger partial charge in [0.2, 0.25) is 0 Å². The minimum atomic E-state index is -0.130. The van der Waals surface area contributed by atoms with Crippen molar-refractivity contribution < 1.29 is 9.59 Å². The van der Waals surface area contributed by atoms with Crippen molar-refractivity contribution in [2.24, 2.45) is 0 Å². The van der Waals surface area contributed by atoms with Gasteiger partial charge in [-0.1, -0.05) is 51.7 Å². The summed E-state index contributed by atoms with van der Waals surface area (Å²) >= 11 is 0. The van der Waals surface area contributed by atoms with Gasteiger partial charge >= 0.3 is 0 Å². The summed E-state index contributed by atoms with van der Waals surface area (Å²) in [6.07, 6.45) is 6.94. The van der Waals surface area contributed by atoms with Gasteiger partial charge in [0, 0.05) is 6.54 Å². The molecule has 1 aliphatic rings. The predicted molar refractivity (Wildman–Crippen MR) is 97.3 cm³/mol. The van der Waals surface area contributed by atoms with Crippen LogP contribution in [0.2, 0.25) is 0 Å². The summed E-state index contributed by atoms with van der Waals surface area (Å²) in [6.45, 7) is 8.44. The van der Waals surface area contributed by atoms with Crippen molar-refractivity contribution in [3.05, 3.63) is 35.4 Å². The fraction of sp³-hybridized carbons (Fsp3) is 0.600. The van der Waals surface area contributed by atoms with E-state index < -0.39 is 0 Å². The van der Waals surface area contributed by atoms with Gasteiger partial charge in [-0.2, -0.15) is 0 Å². The van der Waals surface area contributed by atoms with E-state index in [1.165, 1.54) is 37.1 Å². The Morgan fingerprint density at radius 2 is 1.29 bits per heavy atom. The van der Waals surface area contributed by atoms with E-state index in [9.17, 15) is 9.59 Å². The summed E-state index contributed by atoms with van der Waals surface area (Å²) in [7, 11) is 0. The lowest BCUT2D eigenvalue weighted by molar-refractivity contribution is 0.0651. The van der Waals surface area contributed by atoms with Crippen LogP contribution >= 0.6 is 0 Å². The van der Waals surface area contributed by atoms with Crippen molar-refractivity contribution in [1.29, 1.82) is 0 Å². The average molecular weight is 330 g/mol. The topological polar surface area (TPSA) is 40.6 Å². The van der Waals surface area contributed by atoms with E-state index in [-0.39, 0.29) is 11.8 Å². The molecule has 0 saturated heterocycles. The lowest BCUT2D eigenvalue weighted by atomic mass is 10.1. The van der Waals surface area contributed by atoms with Gasteiger partial charge in [-0.25, -0.2) is 0 Å². The molecule has 0 aliphatic carbocycles. The maximum absolute atomic E-state index is 12.2. The van der Waals surface area contributed by atoms with Gasteiger partial charge in [0.15, 0.2) is 0 Å². The first kappa shape index (κ1) is 18.7. The Labute approximate surface area is 145 Å². The number of imide groups is 1. The van der Waals surface area contributed by atoms with E-state index >= 15 is 0 Å². The van der Waals surface area contributed by atoms with Crippen LogP contribution in [0.15, 0.2) is 24.3 Å². The lowest BCUT2D eigenvalue weighted by Gasteiger charge is -2.17. The predicted octanol–water partition coefficient (Wildman–Crippen LogP) is 3.97. The largest absolute Gasteiger partial charge is 0.304 e. The zero-order valence-electron chi connectivity index (χ0n) is 15.1. The highest BCUT2D eigenvalue weighted by Gasteiger charge is 2.34. The summed E-state index contributed by atoms with van der Waals surface area (Å²) in [5, 5.41) is 0. The van der Waals surface area contributed by atoms with Gasteiger partial charge in [0.1, 0.15) is 0 Å². The number of nitrogens with zero attached hydrogens (tertiary/aromatic N) is 2. The summed E-state index contributed by atoms with van der Waals surface area (Å²) in [5.74, 6) is -0.260. The van der Waals surface area contributed by atoms with Crippen LogP contribution in [0, 0.1) is 0 Å². The van der Waals surface area contributed by atoms with Crippen molar-refractivity contribution in [1.82, 2.24) is 9.80 Å². The summed E-state index contributed by atoms with van der Waals surface area (Å²) in [5.41, 5.74) is 1.11. The number of hydrogen-bond acceptors (Lipinski definition) is 3. The number of amides is 2. The summed E-state index contributed by atoms with van der Waals surface area (Å²) < 4.78 is 0. The van der Waals surface area contributed by atoms with E-state index in [2.05, 4.69) is 18.7 Å². The molecule has 1 heterocycles. The fourth-order valence-electron chi connectivity index (χ4n) is 3.29. The smallest absolute Gasteiger partial charge is 0.261 e. The molecule has 0 unspecified atom stereocenters. The highest BCUT2D eigenvalue weighted by Crippen LogP contribution is 2.22. The second kappa shape index (κ2) is 9.58. The molecule has 0 spiro atoms. The van der Waals surface area contributed by atoms with Crippen LogP contribution in [0.5, 0.6) is 0 Å². The Bertz CT molecular complexity index is 517. The van der Waals surface area contributed by atoms with E-state index in [1.807, 2.05) is 12.1 Å². The van der Waals surface area contributed by atoms with Crippen LogP contribution < -0.4 is 0 Å². The SMILES string of the molecule is CCN(CC)CCCCCCCCN1C(=O)c2ccccc2C1=O. The average Bonchev–Trinajstić information content (AvgIpc) is 2.85.